The first-order valence-electron chi connectivity index (χ1n) is 13.1. The van der Waals surface area contributed by atoms with Gasteiger partial charge in [-0.2, -0.15) is 0 Å². The van der Waals surface area contributed by atoms with E-state index in [4.69, 9.17) is 4.74 Å². The van der Waals surface area contributed by atoms with Crippen LogP contribution in [0.3, 0.4) is 0 Å². The summed E-state index contributed by atoms with van der Waals surface area (Å²) in [7, 11) is -2.04. The molecule has 7 nitrogen and oxygen atoms in total. The Hall–Kier alpha value is -3.56. The van der Waals surface area contributed by atoms with Crippen molar-refractivity contribution in [2.24, 2.45) is 0 Å². The van der Waals surface area contributed by atoms with Gasteiger partial charge in [-0.05, 0) is 67.3 Å². The van der Waals surface area contributed by atoms with Gasteiger partial charge >= 0.3 is 0 Å². The first-order chi connectivity index (χ1) is 18.8. The topological polar surface area (TPSA) is 70.2 Å². The average Bonchev–Trinajstić information content (AvgIpc) is 3.39. The van der Waals surface area contributed by atoms with Crippen LogP contribution in [0.5, 0.6) is 5.75 Å². The number of nitrogens with zero attached hydrogens (tertiary/aromatic N) is 3. The molecule has 1 saturated heterocycles. The van der Waals surface area contributed by atoms with E-state index in [2.05, 4.69) is 4.90 Å². The molecule has 0 spiro atoms. The van der Waals surface area contributed by atoms with Gasteiger partial charge in [-0.1, -0.05) is 36.8 Å². The maximum atomic E-state index is 13.5. The van der Waals surface area contributed by atoms with E-state index in [9.17, 15) is 13.2 Å². The molecule has 1 fully saturated rings. The molecule has 2 heterocycles. The van der Waals surface area contributed by atoms with Crippen LogP contribution in [0, 0.1) is 6.92 Å². The number of fused-ring (bicyclic) bond motifs is 1. The lowest BCUT2D eigenvalue weighted by atomic mass is 10.2. The highest BCUT2D eigenvalue weighted by Gasteiger charge is 2.27. The lowest BCUT2D eigenvalue weighted by molar-refractivity contribution is 0.0751. The molecule has 9 heteroatoms. The third kappa shape index (κ3) is 5.46. The van der Waals surface area contributed by atoms with Crippen LogP contribution in [0.4, 0.5) is 11.4 Å². The standard InChI is InChI=1S/C30H33N3O4S2/c1-4-15-33(39(35,36)25-12-9-22(2)10-13-25)24-11-14-28-23(20-24)21-29(38-28)30(34)32-18-16-31(17-19-32)26-7-5-6-8-27(26)37-3/h5-14,20-21H,4,15-19H2,1-3H3. The number of carbonyl (C=O) groups excluding carboxylic acids is 1. The van der Waals surface area contributed by atoms with Crippen LogP contribution in [0.25, 0.3) is 10.1 Å². The van der Waals surface area contributed by atoms with Crippen molar-refractivity contribution >= 4 is 48.7 Å². The molecule has 1 amide bonds. The molecule has 1 aliphatic rings. The molecule has 204 valence electrons. The number of hydrogen-bond donors (Lipinski definition) is 0. The predicted octanol–water partition coefficient (Wildman–Crippen LogP) is 5.79. The molecule has 0 N–H and O–H groups in total. The van der Waals surface area contributed by atoms with Gasteiger partial charge in [0.25, 0.3) is 15.9 Å². The van der Waals surface area contributed by atoms with E-state index in [1.54, 1.807) is 19.2 Å². The number of aryl methyl sites for hydroxylation is 1. The fourth-order valence-electron chi connectivity index (χ4n) is 4.92. The van der Waals surface area contributed by atoms with Crippen molar-refractivity contribution in [3.63, 3.8) is 0 Å². The summed E-state index contributed by atoms with van der Waals surface area (Å²) in [4.78, 5) is 18.5. The van der Waals surface area contributed by atoms with Crippen LogP contribution in [-0.2, 0) is 10.0 Å². The highest BCUT2D eigenvalue weighted by molar-refractivity contribution is 7.92. The number of anilines is 2. The monoisotopic (exact) mass is 563 g/mol. The van der Waals surface area contributed by atoms with E-state index in [1.165, 1.54) is 15.6 Å². The minimum Gasteiger partial charge on any atom is -0.495 e. The number of piperazine rings is 1. The second-order valence-corrected chi connectivity index (χ2v) is 12.6. The third-order valence-corrected chi connectivity index (χ3v) is 9.97. The highest BCUT2D eigenvalue weighted by atomic mass is 32.2. The fourth-order valence-corrected chi connectivity index (χ4v) is 7.48. The molecule has 3 aromatic carbocycles. The van der Waals surface area contributed by atoms with Gasteiger partial charge < -0.3 is 14.5 Å². The quantitative estimate of drug-likeness (QED) is 0.272. The van der Waals surface area contributed by atoms with E-state index >= 15 is 0 Å². The number of hydrogen-bond acceptors (Lipinski definition) is 6. The summed E-state index contributed by atoms with van der Waals surface area (Å²) in [5.41, 5.74) is 2.65. The number of rotatable bonds is 8. The molecular weight excluding hydrogens is 530 g/mol. The largest absolute Gasteiger partial charge is 0.495 e. The Kier molecular flexibility index (Phi) is 7.81. The zero-order valence-electron chi connectivity index (χ0n) is 22.5. The molecular formula is C30H33N3O4S2. The molecule has 0 bridgehead atoms. The number of benzene rings is 3. The van der Waals surface area contributed by atoms with E-state index in [1.807, 2.05) is 79.4 Å². The average molecular weight is 564 g/mol. The second-order valence-electron chi connectivity index (χ2n) is 9.67. The Morgan fingerprint density at radius 2 is 1.69 bits per heavy atom. The number of sulfonamides is 1. The molecule has 0 radical (unpaired) electrons. The number of carbonyl (C=O) groups is 1. The lowest BCUT2D eigenvalue weighted by Gasteiger charge is -2.36. The van der Waals surface area contributed by atoms with Crippen molar-refractivity contribution in [2.75, 3.05) is 49.0 Å². The minimum absolute atomic E-state index is 0.00937. The normalized spacial score (nSPS) is 14.0. The summed E-state index contributed by atoms with van der Waals surface area (Å²) in [6.45, 7) is 6.96. The van der Waals surface area contributed by atoms with Gasteiger partial charge in [0, 0.05) is 37.4 Å². The summed E-state index contributed by atoms with van der Waals surface area (Å²) in [5, 5.41) is 0.869. The van der Waals surface area contributed by atoms with Gasteiger partial charge in [0.1, 0.15) is 5.75 Å². The third-order valence-electron chi connectivity index (χ3n) is 7.03. The molecule has 4 aromatic rings. The first kappa shape index (κ1) is 27.0. The molecule has 1 aliphatic heterocycles. The van der Waals surface area contributed by atoms with Gasteiger partial charge in [0.05, 0.1) is 28.3 Å². The predicted molar refractivity (Wildman–Crippen MR) is 159 cm³/mol. The van der Waals surface area contributed by atoms with Crippen LogP contribution >= 0.6 is 11.3 Å². The van der Waals surface area contributed by atoms with E-state index < -0.39 is 10.0 Å². The van der Waals surface area contributed by atoms with Crippen molar-refractivity contribution in [3.8, 4) is 5.75 Å². The maximum Gasteiger partial charge on any atom is 0.264 e. The van der Waals surface area contributed by atoms with Crippen molar-refractivity contribution in [2.45, 2.75) is 25.2 Å². The lowest BCUT2D eigenvalue weighted by Crippen LogP contribution is -2.48. The summed E-state index contributed by atoms with van der Waals surface area (Å²) in [5.74, 6) is 0.842. The SMILES string of the molecule is CCCN(c1ccc2sc(C(=O)N3CCN(c4ccccc4OC)CC3)cc2c1)S(=O)(=O)c1ccc(C)cc1. The number of ether oxygens (including phenoxy) is 1. The summed E-state index contributed by atoms with van der Waals surface area (Å²) < 4.78 is 35.0. The Morgan fingerprint density at radius 1 is 0.974 bits per heavy atom. The van der Waals surface area contributed by atoms with Crippen LogP contribution in [0.15, 0.2) is 77.7 Å². The van der Waals surface area contributed by atoms with Gasteiger partial charge in [0.2, 0.25) is 0 Å². The van der Waals surface area contributed by atoms with Gasteiger partial charge in [-0.3, -0.25) is 9.10 Å². The number of thiophene rings is 1. The van der Waals surface area contributed by atoms with Crippen molar-refractivity contribution < 1.29 is 17.9 Å². The Morgan fingerprint density at radius 3 is 2.38 bits per heavy atom. The van der Waals surface area contributed by atoms with Crippen LogP contribution in [-0.4, -0.2) is 59.1 Å². The fraction of sp³-hybridized carbons (Fsp3) is 0.300. The van der Waals surface area contributed by atoms with Crippen LogP contribution < -0.4 is 13.9 Å². The summed E-state index contributed by atoms with van der Waals surface area (Å²) >= 11 is 1.45. The van der Waals surface area contributed by atoms with Crippen LogP contribution in [0.2, 0.25) is 0 Å². The highest BCUT2D eigenvalue weighted by Crippen LogP contribution is 2.33. The molecule has 39 heavy (non-hydrogen) atoms. The van der Waals surface area contributed by atoms with E-state index in [0.717, 1.165) is 40.2 Å². The molecule has 0 aliphatic carbocycles. The maximum absolute atomic E-state index is 13.5. The van der Waals surface area contributed by atoms with Gasteiger partial charge in [0.15, 0.2) is 0 Å². The van der Waals surface area contributed by atoms with Gasteiger partial charge in [-0.25, -0.2) is 8.42 Å². The Bertz CT molecular complexity index is 1570. The van der Waals surface area contributed by atoms with Crippen molar-refractivity contribution in [3.05, 3.63) is 83.2 Å². The summed E-state index contributed by atoms with van der Waals surface area (Å²) in [6.07, 6.45) is 0.678. The van der Waals surface area contributed by atoms with E-state index in [0.29, 0.717) is 36.6 Å². The zero-order valence-corrected chi connectivity index (χ0v) is 24.1. The summed E-state index contributed by atoms with van der Waals surface area (Å²) in [6, 6.07) is 22.4. The smallest absolute Gasteiger partial charge is 0.264 e. The number of methoxy groups -OCH3 is 1. The van der Waals surface area contributed by atoms with Crippen molar-refractivity contribution in [1.82, 2.24) is 4.90 Å². The second kappa shape index (κ2) is 11.3. The number of amides is 1. The molecule has 0 saturated carbocycles. The van der Waals surface area contributed by atoms with Crippen molar-refractivity contribution in [1.29, 1.82) is 0 Å². The number of para-hydroxylation sites is 2. The van der Waals surface area contributed by atoms with Crippen LogP contribution in [0.1, 0.15) is 28.6 Å². The first-order valence-corrected chi connectivity index (χ1v) is 15.4. The Balaban J connectivity index is 1.35. The zero-order chi connectivity index (χ0) is 27.6. The molecule has 0 unspecified atom stereocenters. The van der Waals surface area contributed by atoms with E-state index in [-0.39, 0.29) is 10.8 Å². The Labute approximate surface area is 234 Å². The molecule has 1 aromatic heterocycles. The van der Waals surface area contributed by atoms with Gasteiger partial charge in [-0.15, -0.1) is 11.3 Å². The molecule has 5 rings (SSSR count). The minimum atomic E-state index is -3.71. The molecule has 0 atom stereocenters.